The molecule has 0 fully saturated rings. The summed E-state index contributed by atoms with van der Waals surface area (Å²) in [6, 6.07) is 12.6. The minimum atomic E-state index is -0.415. The average Bonchev–Trinajstić information content (AvgIpc) is 3.13. The maximum Gasteiger partial charge on any atom is 0.266 e. The summed E-state index contributed by atoms with van der Waals surface area (Å²) in [7, 11) is 0. The zero-order chi connectivity index (χ0) is 17.6. The van der Waals surface area contributed by atoms with Gasteiger partial charge in [-0.15, -0.1) is 0 Å². The molecule has 0 aliphatic carbocycles. The molecule has 128 valence electrons. The first-order valence-electron chi connectivity index (χ1n) is 7.75. The van der Waals surface area contributed by atoms with Crippen molar-refractivity contribution in [2.75, 3.05) is 6.54 Å². The highest BCUT2D eigenvalue weighted by Crippen LogP contribution is 2.14. The van der Waals surface area contributed by atoms with Gasteiger partial charge in [-0.25, -0.2) is 9.07 Å². The van der Waals surface area contributed by atoms with E-state index >= 15 is 0 Å². The summed E-state index contributed by atoms with van der Waals surface area (Å²) in [5, 5.41) is 6.87. The molecule has 2 heterocycles. The van der Waals surface area contributed by atoms with Gasteiger partial charge in [-0.2, -0.15) is 5.10 Å². The van der Waals surface area contributed by atoms with Crippen LogP contribution in [0.15, 0.2) is 64.0 Å². The van der Waals surface area contributed by atoms with Gasteiger partial charge in [-0.3, -0.25) is 9.59 Å². The van der Waals surface area contributed by atoms with Gasteiger partial charge in [0.1, 0.15) is 11.5 Å². The molecule has 1 N–H and O–H groups in total. The quantitative estimate of drug-likeness (QED) is 0.744. The monoisotopic (exact) mass is 341 g/mol. The largest absolute Gasteiger partial charge is 0.463 e. The van der Waals surface area contributed by atoms with Gasteiger partial charge in [0.15, 0.2) is 5.76 Å². The molecule has 2 aromatic heterocycles. The van der Waals surface area contributed by atoms with E-state index in [1.54, 1.807) is 36.4 Å². The molecule has 0 atom stereocenters. The maximum atomic E-state index is 13.5. The van der Waals surface area contributed by atoms with Crippen LogP contribution in [0.2, 0.25) is 0 Å². The third-order valence-electron chi connectivity index (χ3n) is 3.59. The smallest absolute Gasteiger partial charge is 0.266 e. The molecule has 6 nitrogen and oxygen atoms in total. The van der Waals surface area contributed by atoms with E-state index in [1.165, 1.54) is 23.1 Å². The zero-order valence-corrected chi connectivity index (χ0v) is 13.3. The molecule has 1 amide bonds. The molecule has 3 aromatic rings. The Hall–Kier alpha value is -3.22. The van der Waals surface area contributed by atoms with Crippen LogP contribution in [0.1, 0.15) is 5.56 Å². The van der Waals surface area contributed by atoms with Gasteiger partial charge in [0, 0.05) is 12.6 Å². The fourth-order valence-electron chi connectivity index (χ4n) is 2.34. The van der Waals surface area contributed by atoms with Crippen molar-refractivity contribution in [3.8, 4) is 11.5 Å². The first-order chi connectivity index (χ1) is 12.1. The van der Waals surface area contributed by atoms with E-state index in [9.17, 15) is 14.0 Å². The molecular formula is C18H16FN3O3. The number of hydrogen-bond acceptors (Lipinski definition) is 4. The van der Waals surface area contributed by atoms with Crippen molar-refractivity contribution < 1.29 is 13.6 Å². The number of amides is 1. The molecule has 0 aliphatic heterocycles. The van der Waals surface area contributed by atoms with Gasteiger partial charge >= 0.3 is 0 Å². The SMILES string of the molecule is O=C(Cc1ccccc1F)NCCn1nc(-c2ccco2)ccc1=O. The van der Waals surface area contributed by atoms with E-state index in [-0.39, 0.29) is 31.0 Å². The molecular weight excluding hydrogens is 325 g/mol. The molecule has 3 rings (SSSR count). The summed E-state index contributed by atoms with van der Waals surface area (Å²) in [5.74, 6) is -0.181. The maximum absolute atomic E-state index is 13.5. The van der Waals surface area contributed by atoms with Gasteiger partial charge in [-0.05, 0) is 29.8 Å². The van der Waals surface area contributed by atoms with Crippen molar-refractivity contribution in [2.24, 2.45) is 0 Å². The topological polar surface area (TPSA) is 77.1 Å². The number of carbonyl (C=O) groups is 1. The fraction of sp³-hybridized carbons (Fsp3) is 0.167. The van der Waals surface area contributed by atoms with Crippen LogP contribution in [0, 0.1) is 5.82 Å². The molecule has 0 bridgehead atoms. The lowest BCUT2D eigenvalue weighted by atomic mass is 10.1. The Labute approximate surface area is 142 Å². The van der Waals surface area contributed by atoms with Crippen molar-refractivity contribution in [2.45, 2.75) is 13.0 Å². The third-order valence-corrected chi connectivity index (χ3v) is 3.59. The number of nitrogens with zero attached hydrogens (tertiary/aromatic N) is 2. The van der Waals surface area contributed by atoms with Crippen LogP contribution in [0.3, 0.4) is 0 Å². The molecule has 0 unspecified atom stereocenters. The molecule has 0 spiro atoms. The van der Waals surface area contributed by atoms with E-state index in [4.69, 9.17) is 4.42 Å². The van der Waals surface area contributed by atoms with Gasteiger partial charge in [-0.1, -0.05) is 18.2 Å². The minimum absolute atomic E-state index is 0.0541. The Kier molecular flexibility index (Phi) is 5.03. The van der Waals surface area contributed by atoms with E-state index in [0.717, 1.165) is 0 Å². The highest BCUT2D eigenvalue weighted by molar-refractivity contribution is 5.78. The molecule has 0 saturated heterocycles. The molecule has 0 radical (unpaired) electrons. The number of nitrogens with one attached hydrogen (secondary N) is 1. The van der Waals surface area contributed by atoms with Gasteiger partial charge in [0.25, 0.3) is 5.56 Å². The van der Waals surface area contributed by atoms with Crippen molar-refractivity contribution in [1.29, 1.82) is 0 Å². The lowest BCUT2D eigenvalue weighted by Gasteiger charge is -2.08. The predicted molar refractivity (Wildman–Crippen MR) is 89.3 cm³/mol. The van der Waals surface area contributed by atoms with Gasteiger partial charge in [0.2, 0.25) is 5.91 Å². The number of furan rings is 1. The highest BCUT2D eigenvalue weighted by atomic mass is 19.1. The summed E-state index contributed by atoms with van der Waals surface area (Å²) >= 11 is 0. The van der Waals surface area contributed by atoms with Crippen molar-refractivity contribution in [3.63, 3.8) is 0 Å². The predicted octanol–water partition coefficient (Wildman–Crippen LogP) is 2.00. The second kappa shape index (κ2) is 7.57. The lowest BCUT2D eigenvalue weighted by molar-refractivity contribution is -0.120. The number of hydrogen-bond donors (Lipinski definition) is 1. The van der Waals surface area contributed by atoms with Crippen LogP contribution in [0.25, 0.3) is 11.5 Å². The average molecular weight is 341 g/mol. The normalized spacial score (nSPS) is 10.6. The Balaban J connectivity index is 1.58. The van der Waals surface area contributed by atoms with Gasteiger partial charge in [0.05, 0.1) is 19.2 Å². The first-order valence-corrected chi connectivity index (χ1v) is 7.75. The van der Waals surface area contributed by atoms with E-state index in [2.05, 4.69) is 10.4 Å². The first kappa shape index (κ1) is 16.6. The molecule has 0 aliphatic rings. The number of aromatic nitrogens is 2. The van der Waals surface area contributed by atoms with E-state index in [0.29, 0.717) is 17.0 Å². The summed E-state index contributed by atoms with van der Waals surface area (Å²) in [4.78, 5) is 23.8. The summed E-state index contributed by atoms with van der Waals surface area (Å²) in [5.41, 5.74) is 0.580. The molecule has 25 heavy (non-hydrogen) atoms. The fourth-order valence-corrected chi connectivity index (χ4v) is 2.34. The van der Waals surface area contributed by atoms with E-state index < -0.39 is 5.82 Å². The summed E-state index contributed by atoms with van der Waals surface area (Å²) in [6.07, 6.45) is 1.47. The Morgan fingerprint density at radius 2 is 2.00 bits per heavy atom. The van der Waals surface area contributed by atoms with Crippen LogP contribution in [0.4, 0.5) is 4.39 Å². The number of carbonyl (C=O) groups excluding carboxylic acids is 1. The molecule has 0 saturated carbocycles. The summed E-state index contributed by atoms with van der Waals surface area (Å²) < 4.78 is 20.0. The third kappa shape index (κ3) is 4.20. The molecule has 7 heteroatoms. The lowest BCUT2D eigenvalue weighted by Crippen LogP contribution is -2.32. The second-order valence-corrected chi connectivity index (χ2v) is 5.38. The highest BCUT2D eigenvalue weighted by Gasteiger charge is 2.08. The van der Waals surface area contributed by atoms with Crippen LogP contribution in [-0.2, 0) is 17.8 Å². The van der Waals surface area contributed by atoms with Gasteiger partial charge < -0.3 is 9.73 Å². The van der Waals surface area contributed by atoms with Crippen LogP contribution < -0.4 is 10.9 Å². The van der Waals surface area contributed by atoms with Crippen molar-refractivity contribution in [1.82, 2.24) is 15.1 Å². The number of rotatable bonds is 6. The Morgan fingerprint density at radius 3 is 2.76 bits per heavy atom. The second-order valence-electron chi connectivity index (χ2n) is 5.38. The van der Waals surface area contributed by atoms with Crippen LogP contribution >= 0.6 is 0 Å². The number of halogens is 1. The van der Waals surface area contributed by atoms with Crippen LogP contribution in [0.5, 0.6) is 0 Å². The Morgan fingerprint density at radius 1 is 1.16 bits per heavy atom. The van der Waals surface area contributed by atoms with E-state index in [1.807, 2.05) is 0 Å². The molecule has 1 aromatic carbocycles. The minimum Gasteiger partial charge on any atom is -0.463 e. The van der Waals surface area contributed by atoms with Crippen molar-refractivity contribution >= 4 is 5.91 Å². The van der Waals surface area contributed by atoms with Crippen LogP contribution in [-0.4, -0.2) is 22.2 Å². The summed E-state index contributed by atoms with van der Waals surface area (Å²) in [6.45, 7) is 0.415. The standard InChI is InChI=1S/C18H16FN3O3/c19-14-5-2-1-4-13(14)12-17(23)20-9-10-22-18(24)8-7-15(21-22)16-6-3-11-25-16/h1-8,11H,9-10,12H2,(H,20,23). The Bertz CT molecular complexity index is 919. The van der Waals surface area contributed by atoms with Crippen molar-refractivity contribution in [3.05, 3.63) is 76.5 Å². The zero-order valence-electron chi connectivity index (χ0n) is 13.3. The number of benzene rings is 1.